The minimum Gasteiger partial charge on any atom is -0.481 e. The number of aromatic nitrogens is 1. The van der Waals surface area contributed by atoms with E-state index in [1.165, 1.54) is 14.7 Å². The summed E-state index contributed by atoms with van der Waals surface area (Å²) in [6.45, 7) is -2.19. The van der Waals surface area contributed by atoms with Crippen LogP contribution in [0, 0.1) is 39.9 Å². The Bertz CT molecular complexity index is 1360. The normalized spacial score (nSPS) is 17.4. The van der Waals surface area contributed by atoms with Gasteiger partial charge in [0, 0.05) is 71.6 Å². The Morgan fingerprint density at radius 3 is 1.34 bits per heavy atom. The molecular weight excluding hydrogens is 850 g/mol. The molecule has 297 valence electrons. The number of carboxylic acid groups (broad SMARTS) is 4. The molecule has 0 saturated heterocycles. The first-order valence-corrected chi connectivity index (χ1v) is 16.8. The number of nitrogens with zero attached hydrogens (tertiary/aromatic N) is 4. The smallest absolute Gasteiger partial charge is 0.481 e. The van der Waals surface area contributed by atoms with Crippen molar-refractivity contribution in [2.75, 3.05) is 52.5 Å². The second-order valence-corrected chi connectivity index (χ2v) is 12.5. The summed E-state index contributed by atoms with van der Waals surface area (Å²) < 4.78 is 0. The summed E-state index contributed by atoms with van der Waals surface area (Å²) in [6.07, 6.45) is -4.11. The van der Waals surface area contributed by atoms with E-state index in [2.05, 4.69) is 15.6 Å². The molecule has 0 aromatic carbocycles. The number of aliphatic hydroxyl groups excluding tert-OH is 4. The minimum atomic E-state index is -1.33. The zero-order valence-corrected chi connectivity index (χ0v) is 31.4. The third-order valence-electron chi connectivity index (χ3n) is 8.53. The zero-order valence-electron chi connectivity index (χ0n) is 29.1. The van der Waals surface area contributed by atoms with Crippen molar-refractivity contribution in [3.63, 3.8) is 0 Å². The Hall–Kier alpha value is -2.99. The molecule has 2 heterocycles. The molecule has 0 aliphatic carbocycles. The van der Waals surface area contributed by atoms with Crippen molar-refractivity contribution < 1.29 is 110 Å². The van der Waals surface area contributed by atoms with Gasteiger partial charge in [-0.25, -0.2) is 0 Å². The zero-order chi connectivity index (χ0) is 38.8. The average Bonchev–Trinajstić information content (AvgIpc) is 3.08. The van der Waals surface area contributed by atoms with E-state index in [4.69, 9.17) is 10.2 Å². The number of fused-ring (bicyclic) bond motifs is 2. The van der Waals surface area contributed by atoms with E-state index in [0.29, 0.717) is 11.4 Å². The first kappa shape index (κ1) is 48.0. The molecule has 0 fully saturated rings. The van der Waals surface area contributed by atoms with Crippen LogP contribution in [0.4, 0.5) is 0 Å². The van der Waals surface area contributed by atoms with Gasteiger partial charge in [0.2, 0.25) is 11.8 Å². The fraction of sp³-hybridized carbons (Fsp3) is 0.656. The molecule has 10 N–H and O–H groups in total. The van der Waals surface area contributed by atoms with E-state index in [-0.39, 0.29) is 124 Å². The minimum absolute atomic E-state index is 0. The summed E-state index contributed by atoms with van der Waals surface area (Å²) in [5, 5.41) is 81.8. The summed E-state index contributed by atoms with van der Waals surface area (Å²) >= 11 is 0. The Labute approximate surface area is 337 Å². The van der Waals surface area contributed by atoms with E-state index in [1.807, 2.05) is 0 Å². The van der Waals surface area contributed by atoms with Crippen molar-refractivity contribution >= 4 is 35.7 Å². The Kier molecular flexibility index (Phi) is 22.8. The predicted octanol–water partition coefficient (Wildman–Crippen LogP) is -3.28. The quantitative estimate of drug-likeness (QED) is 0.0579. The molecule has 0 spiro atoms. The van der Waals surface area contributed by atoms with Crippen molar-refractivity contribution in [3.8, 4) is 0 Å². The molecule has 2 bridgehead atoms. The van der Waals surface area contributed by atoms with E-state index in [1.54, 1.807) is 18.2 Å². The van der Waals surface area contributed by atoms with Crippen LogP contribution in [0.15, 0.2) is 18.2 Å². The molecule has 2 rings (SSSR count). The SMILES string of the molecule is O=C(O)CCC(C(=O)O)N1CCN(C(CCC(=O)NCC(O)CO)C(=O)O)CCN(C(CCC(=O)NCC(O)CO)C(=O)O)Cc2cccc(n2)C1.[Gd+3]. The van der Waals surface area contributed by atoms with Crippen LogP contribution in [0.25, 0.3) is 0 Å². The number of aliphatic carboxylic acids is 4. The topological polar surface area (TPSA) is 311 Å². The third kappa shape index (κ3) is 17.8. The van der Waals surface area contributed by atoms with Gasteiger partial charge in [-0.1, -0.05) is 6.07 Å². The monoisotopic (exact) mass is 900 g/mol. The van der Waals surface area contributed by atoms with Crippen molar-refractivity contribution in [1.29, 1.82) is 0 Å². The standard InChI is InChI=1S/C32H50N6O14.Gd/c39-18-22(41)14-33-27(43)7-4-24(30(47)48)36-10-12-37(25(31(49)50)5-8-28(44)34-15-23(42)19-40)16-20-2-1-3-21(35-20)17-38(13-11-36)26(32(51)52)6-9-29(45)46;/h1-3,22-26,39-42H,4-19H2,(H,33,43)(H,34,44)(H,45,46)(H,47,48)(H,49,50)(H,51,52);/q;+3. The number of carbonyl (C=O) groups excluding carboxylic acids is 2. The number of amides is 2. The molecule has 53 heavy (non-hydrogen) atoms. The fourth-order valence-electron chi connectivity index (χ4n) is 5.70. The number of hydrogen-bond acceptors (Lipinski definition) is 14. The average molecular weight is 900 g/mol. The van der Waals surface area contributed by atoms with Gasteiger partial charge in [-0.2, -0.15) is 0 Å². The molecule has 21 heteroatoms. The molecule has 1 aliphatic rings. The molecule has 5 atom stereocenters. The second-order valence-electron chi connectivity index (χ2n) is 12.5. The van der Waals surface area contributed by atoms with Gasteiger partial charge in [-0.15, -0.1) is 0 Å². The van der Waals surface area contributed by atoms with Crippen LogP contribution in [0.2, 0.25) is 0 Å². The van der Waals surface area contributed by atoms with Crippen LogP contribution in [-0.2, 0) is 41.9 Å². The summed E-state index contributed by atoms with van der Waals surface area (Å²) in [7, 11) is 0. The number of carbonyl (C=O) groups is 6. The molecule has 2 amide bonds. The molecule has 1 aromatic rings. The number of carboxylic acids is 4. The maximum atomic E-state index is 12.6. The van der Waals surface area contributed by atoms with Gasteiger partial charge in [-0.3, -0.25) is 48.5 Å². The molecule has 1 aliphatic heterocycles. The summed E-state index contributed by atoms with van der Waals surface area (Å²) in [5.74, 6) is -6.26. The van der Waals surface area contributed by atoms with Gasteiger partial charge in [0.25, 0.3) is 0 Å². The first-order valence-electron chi connectivity index (χ1n) is 16.8. The van der Waals surface area contributed by atoms with Gasteiger partial charge in [0.1, 0.15) is 18.1 Å². The number of pyridine rings is 1. The molecule has 5 unspecified atom stereocenters. The Morgan fingerprint density at radius 2 is 0.981 bits per heavy atom. The molecule has 1 aromatic heterocycles. The number of rotatable bonds is 21. The number of aliphatic hydroxyl groups is 4. The van der Waals surface area contributed by atoms with E-state index in [9.17, 15) is 59.4 Å². The van der Waals surface area contributed by atoms with E-state index in [0.717, 1.165) is 0 Å². The van der Waals surface area contributed by atoms with Crippen LogP contribution >= 0.6 is 0 Å². The van der Waals surface area contributed by atoms with Crippen molar-refractivity contribution in [3.05, 3.63) is 29.6 Å². The van der Waals surface area contributed by atoms with Crippen LogP contribution in [0.5, 0.6) is 0 Å². The van der Waals surface area contributed by atoms with Gasteiger partial charge >= 0.3 is 63.8 Å². The van der Waals surface area contributed by atoms with Gasteiger partial charge in [-0.05, 0) is 31.4 Å². The maximum absolute atomic E-state index is 12.6. The first-order chi connectivity index (χ1) is 24.6. The Morgan fingerprint density at radius 1 is 0.623 bits per heavy atom. The van der Waals surface area contributed by atoms with Crippen LogP contribution in [0.3, 0.4) is 0 Å². The van der Waals surface area contributed by atoms with Crippen LogP contribution < -0.4 is 10.6 Å². The van der Waals surface area contributed by atoms with Crippen molar-refractivity contribution in [2.45, 2.75) is 81.9 Å². The summed E-state index contributed by atoms with van der Waals surface area (Å²) in [6, 6.07) is 1.02. The molecule has 20 nitrogen and oxygen atoms in total. The van der Waals surface area contributed by atoms with E-state index >= 15 is 0 Å². The van der Waals surface area contributed by atoms with Crippen molar-refractivity contribution in [1.82, 2.24) is 30.3 Å². The molecule has 0 saturated carbocycles. The maximum Gasteiger partial charge on any atom is 3.00 e. The molecule has 1 radical (unpaired) electrons. The third-order valence-corrected chi connectivity index (χ3v) is 8.53. The number of nitrogens with one attached hydrogen (secondary N) is 2. The van der Waals surface area contributed by atoms with Gasteiger partial charge < -0.3 is 51.5 Å². The largest absolute Gasteiger partial charge is 3.00 e. The number of hydrogen-bond donors (Lipinski definition) is 10. The molecular formula is C32H50GdN6O14+3. The van der Waals surface area contributed by atoms with Crippen molar-refractivity contribution in [2.24, 2.45) is 0 Å². The van der Waals surface area contributed by atoms with Crippen LogP contribution in [0.1, 0.15) is 49.9 Å². The predicted molar refractivity (Wildman–Crippen MR) is 178 cm³/mol. The summed E-state index contributed by atoms with van der Waals surface area (Å²) in [5.41, 5.74) is 0.775. The second kappa shape index (κ2) is 25.2. The fourth-order valence-corrected chi connectivity index (χ4v) is 5.70. The van der Waals surface area contributed by atoms with Gasteiger partial charge in [0.15, 0.2) is 0 Å². The van der Waals surface area contributed by atoms with Gasteiger partial charge in [0.05, 0.1) is 36.8 Å². The van der Waals surface area contributed by atoms with Crippen LogP contribution in [-0.4, -0.2) is 179 Å². The summed E-state index contributed by atoms with van der Waals surface area (Å²) in [4.78, 5) is 83.0. The van der Waals surface area contributed by atoms with E-state index < -0.39 is 85.7 Å². The Balaban J connectivity index is 0.0000140.